The fraction of sp³-hybridized carbons (Fsp3) is 0.348. The minimum Gasteiger partial charge on any atom is -0.378 e. The van der Waals surface area contributed by atoms with Crippen molar-refractivity contribution in [2.75, 3.05) is 42.6 Å². The fourth-order valence-electron chi connectivity index (χ4n) is 4.84. The number of hydrogen-bond acceptors (Lipinski definition) is 4. The van der Waals surface area contributed by atoms with E-state index in [0.29, 0.717) is 0 Å². The van der Waals surface area contributed by atoms with Crippen molar-refractivity contribution in [1.82, 2.24) is 14.5 Å². The summed E-state index contributed by atoms with van der Waals surface area (Å²) < 4.78 is 7.83. The van der Waals surface area contributed by atoms with Crippen LogP contribution in [0.25, 0.3) is 21.9 Å². The number of aromatic nitrogens is 3. The topological polar surface area (TPSA) is 49.3 Å². The van der Waals surface area contributed by atoms with Gasteiger partial charge in [-0.2, -0.15) is 0 Å². The van der Waals surface area contributed by atoms with Crippen molar-refractivity contribution < 1.29 is 4.74 Å². The molecule has 148 valence electrons. The number of benzene rings is 2. The molecule has 0 spiro atoms. The maximum absolute atomic E-state index is 5.48. The first kappa shape index (κ1) is 16.9. The Morgan fingerprint density at radius 2 is 1.86 bits per heavy atom. The van der Waals surface area contributed by atoms with E-state index < -0.39 is 0 Å². The molecule has 2 aromatic heterocycles. The van der Waals surface area contributed by atoms with Gasteiger partial charge >= 0.3 is 0 Å². The monoisotopic (exact) mass is 387 g/mol. The van der Waals surface area contributed by atoms with Crippen LogP contribution in [0.3, 0.4) is 0 Å². The van der Waals surface area contributed by atoms with Gasteiger partial charge in [-0.05, 0) is 36.2 Å². The number of hydrogen-bond donors (Lipinski definition) is 1. The van der Waals surface area contributed by atoms with Crippen molar-refractivity contribution in [2.45, 2.75) is 13.0 Å². The quantitative estimate of drug-likeness (QED) is 0.572. The van der Waals surface area contributed by atoms with Crippen LogP contribution < -0.4 is 9.80 Å². The summed E-state index contributed by atoms with van der Waals surface area (Å²) >= 11 is 0. The Balaban J connectivity index is 1.33. The van der Waals surface area contributed by atoms with Crippen molar-refractivity contribution >= 4 is 33.6 Å². The van der Waals surface area contributed by atoms with E-state index in [1.165, 1.54) is 27.8 Å². The molecule has 29 heavy (non-hydrogen) atoms. The van der Waals surface area contributed by atoms with Crippen LogP contribution in [0, 0.1) is 0 Å². The number of H-pyrrole nitrogens is 1. The standard InChI is InChI=1S/C23H25N5O/c1-26-21-5-3-2-4-17(21)18-8-9-28(15-22(18)26)23-24-19-7-6-16(14-20(19)25-23)27-10-12-29-13-11-27/h2-7,14H,8-13,15H2,1H3,(H,24,25). The highest BCUT2D eigenvalue weighted by atomic mass is 16.5. The summed E-state index contributed by atoms with van der Waals surface area (Å²) in [6, 6.07) is 15.3. The molecule has 0 radical (unpaired) electrons. The van der Waals surface area contributed by atoms with E-state index in [1.54, 1.807) is 0 Å². The number of morpholine rings is 1. The van der Waals surface area contributed by atoms with Gasteiger partial charge in [-0.25, -0.2) is 4.98 Å². The average Bonchev–Trinajstić information content (AvgIpc) is 3.33. The second-order valence-electron chi connectivity index (χ2n) is 8.03. The molecule has 0 aliphatic carbocycles. The fourth-order valence-corrected chi connectivity index (χ4v) is 4.84. The van der Waals surface area contributed by atoms with E-state index in [9.17, 15) is 0 Å². The lowest BCUT2D eigenvalue weighted by Crippen LogP contribution is -2.36. The number of aromatic amines is 1. The maximum Gasteiger partial charge on any atom is 0.204 e. The molecular formula is C23H25N5O. The van der Waals surface area contributed by atoms with Gasteiger partial charge in [0.05, 0.1) is 30.8 Å². The Morgan fingerprint density at radius 3 is 2.76 bits per heavy atom. The predicted molar refractivity (Wildman–Crippen MR) is 117 cm³/mol. The van der Waals surface area contributed by atoms with Crippen molar-refractivity contribution in [1.29, 1.82) is 0 Å². The molecular weight excluding hydrogens is 362 g/mol. The zero-order chi connectivity index (χ0) is 19.4. The number of anilines is 2. The van der Waals surface area contributed by atoms with Gasteiger partial charge in [0, 0.05) is 49.0 Å². The van der Waals surface area contributed by atoms with Crippen molar-refractivity contribution in [3.63, 3.8) is 0 Å². The Labute approximate surface area is 169 Å². The zero-order valence-electron chi connectivity index (χ0n) is 16.7. The third-order valence-electron chi connectivity index (χ3n) is 6.44. The van der Waals surface area contributed by atoms with E-state index in [1.807, 2.05) is 0 Å². The number of para-hydroxylation sites is 1. The van der Waals surface area contributed by atoms with Gasteiger partial charge < -0.3 is 24.1 Å². The summed E-state index contributed by atoms with van der Waals surface area (Å²) in [5, 5.41) is 1.39. The Hall–Kier alpha value is -2.99. The van der Waals surface area contributed by atoms with Crippen LogP contribution >= 0.6 is 0 Å². The molecule has 6 nitrogen and oxygen atoms in total. The van der Waals surface area contributed by atoms with Gasteiger partial charge in [-0.1, -0.05) is 18.2 Å². The van der Waals surface area contributed by atoms with Crippen molar-refractivity contribution in [3.8, 4) is 0 Å². The van der Waals surface area contributed by atoms with Crippen molar-refractivity contribution in [2.24, 2.45) is 7.05 Å². The molecule has 0 unspecified atom stereocenters. The van der Waals surface area contributed by atoms with Gasteiger partial charge in [-0.15, -0.1) is 0 Å². The largest absolute Gasteiger partial charge is 0.378 e. The Morgan fingerprint density at radius 1 is 1.00 bits per heavy atom. The van der Waals surface area contributed by atoms with Crippen LogP contribution in [0.2, 0.25) is 0 Å². The molecule has 4 aromatic rings. The molecule has 2 aliphatic rings. The van der Waals surface area contributed by atoms with E-state index in [0.717, 1.165) is 62.8 Å². The van der Waals surface area contributed by atoms with Crippen LogP contribution in [0.1, 0.15) is 11.3 Å². The van der Waals surface area contributed by atoms with Crippen LogP contribution in [-0.4, -0.2) is 47.4 Å². The van der Waals surface area contributed by atoms with Crippen LogP contribution in [0.15, 0.2) is 42.5 Å². The first-order valence-electron chi connectivity index (χ1n) is 10.4. The van der Waals surface area contributed by atoms with Crippen LogP contribution in [0.5, 0.6) is 0 Å². The highest BCUT2D eigenvalue weighted by Crippen LogP contribution is 2.32. The van der Waals surface area contributed by atoms with Crippen molar-refractivity contribution in [3.05, 3.63) is 53.7 Å². The Bertz CT molecular complexity index is 1200. The molecule has 1 fully saturated rings. The molecule has 6 heteroatoms. The molecule has 4 heterocycles. The third-order valence-corrected chi connectivity index (χ3v) is 6.44. The number of nitrogens with zero attached hydrogens (tertiary/aromatic N) is 4. The molecule has 0 amide bonds. The molecule has 0 atom stereocenters. The summed E-state index contributed by atoms with van der Waals surface area (Å²) in [4.78, 5) is 13.2. The van der Waals surface area contributed by atoms with Gasteiger partial charge in [0.25, 0.3) is 0 Å². The second-order valence-corrected chi connectivity index (χ2v) is 8.03. The Kier molecular flexibility index (Phi) is 3.81. The number of fused-ring (bicyclic) bond motifs is 4. The lowest BCUT2D eigenvalue weighted by Gasteiger charge is -2.28. The second kappa shape index (κ2) is 6.52. The average molecular weight is 387 g/mol. The lowest BCUT2D eigenvalue weighted by atomic mass is 10.0. The number of nitrogens with one attached hydrogen (secondary N) is 1. The van der Waals surface area contributed by atoms with E-state index >= 15 is 0 Å². The summed E-state index contributed by atoms with van der Waals surface area (Å²) in [6.07, 6.45) is 1.05. The number of ether oxygens (including phenoxy) is 1. The number of aryl methyl sites for hydroxylation is 1. The smallest absolute Gasteiger partial charge is 0.204 e. The van der Waals surface area contributed by atoms with E-state index in [2.05, 4.69) is 68.9 Å². The zero-order valence-corrected chi connectivity index (χ0v) is 16.7. The first-order chi connectivity index (χ1) is 14.3. The van der Waals surface area contributed by atoms with Gasteiger partial charge in [0.15, 0.2) is 0 Å². The molecule has 0 bridgehead atoms. The summed E-state index contributed by atoms with van der Waals surface area (Å²) in [5.74, 6) is 0.968. The maximum atomic E-state index is 5.48. The number of imidazole rings is 1. The normalized spacial score (nSPS) is 17.3. The molecule has 1 saturated heterocycles. The molecule has 2 aromatic carbocycles. The van der Waals surface area contributed by atoms with Crippen LogP contribution in [-0.2, 0) is 24.8 Å². The van der Waals surface area contributed by atoms with E-state index in [4.69, 9.17) is 9.72 Å². The highest BCUT2D eigenvalue weighted by Gasteiger charge is 2.24. The van der Waals surface area contributed by atoms with Gasteiger partial charge in [0.1, 0.15) is 0 Å². The molecule has 2 aliphatic heterocycles. The summed E-state index contributed by atoms with van der Waals surface area (Å²) in [6.45, 7) is 5.36. The molecule has 1 N–H and O–H groups in total. The molecule has 0 saturated carbocycles. The highest BCUT2D eigenvalue weighted by molar-refractivity contribution is 5.86. The first-order valence-corrected chi connectivity index (χ1v) is 10.4. The van der Waals surface area contributed by atoms with Gasteiger partial charge in [-0.3, -0.25) is 0 Å². The number of rotatable bonds is 2. The van der Waals surface area contributed by atoms with E-state index in [-0.39, 0.29) is 0 Å². The summed E-state index contributed by atoms with van der Waals surface area (Å²) in [7, 11) is 2.18. The van der Waals surface area contributed by atoms with Crippen LogP contribution in [0.4, 0.5) is 11.6 Å². The summed E-state index contributed by atoms with van der Waals surface area (Å²) in [5.41, 5.74) is 7.58. The third kappa shape index (κ3) is 2.70. The molecule has 6 rings (SSSR count). The SMILES string of the molecule is Cn1c2c(c3ccccc31)CCN(c1nc3ccc(N4CCOCC4)cc3[nH]1)C2. The lowest BCUT2D eigenvalue weighted by molar-refractivity contribution is 0.122. The predicted octanol–water partition coefficient (Wildman–Crippen LogP) is 3.45. The van der Waals surface area contributed by atoms with Gasteiger partial charge in [0.2, 0.25) is 5.95 Å². The minimum absolute atomic E-state index is 0.799. The minimum atomic E-state index is 0.799.